The van der Waals surface area contributed by atoms with Gasteiger partial charge in [0.1, 0.15) is 5.75 Å². The lowest BCUT2D eigenvalue weighted by Gasteiger charge is -2.22. The van der Waals surface area contributed by atoms with E-state index in [1.54, 1.807) is 30.5 Å². The highest BCUT2D eigenvalue weighted by atomic mass is 32.1. The van der Waals surface area contributed by atoms with Gasteiger partial charge in [0.15, 0.2) is 11.6 Å². The second-order valence-corrected chi connectivity index (χ2v) is 9.70. The van der Waals surface area contributed by atoms with Crippen LogP contribution in [0.4, 0.5) is 28.0 Å². The van der Waals surface area contributed by atoms with Crippen molar-refractivity contribution in [1.29, 1.82) is 0 Å². The topological polar surface area (TPSA) is 106 Å². The third-order valence-electron chi connectivity index (χ3n) is 5.74. The Morgan fingerprint density at radius 2 is 1.95 bits per heavy atom. The zero-order valence-electron chi connectivity index (χ0n) is 21.9. The van der Waals surface area contributed by atoms with E-state index in [0.717, 1.165) is 10.9 Å². The third-order valence-corrected chi connectivity index (χ3v) is 6.90. The summed E-state index contributed by atoms with van der Waals surface area (Å²) in [4.78, 5) is 22.2. The second kappa shape index (κ2) is 13.1. The first-order valence-corrected chi connectivity index (χ1v) is 13.1. The Hall–Kier alpha value is -4.01. The van der Waals surface area contributed by atoms with Crippen molar-refractivity contribution >= 4 is 33.3 Å². The maximum absolute atomic E-state index is 14.8. The molecule has 0 aliphatic carbocycles. The first kappa shape index (κ1) is 30.0. The Balaban J connectivity index is 1.51. The van der Waals surface area contributed by atoms with Crippen molar-refractivity contribution in [3.05, 3.63) is 66.2 Å². The van der Waals surface area contributed by atoms with Crippen LogP contribution in [0.2, 0.25) is 0 Å². The van der Waals surface area contributed by atoms with Crippen LogP contribution in [-0.4, -0.2) is 65.3 Å². The van der Waals surface area contributed by atoms with Gasteiger partial charge >= 0.3 is 12.3 Å². The Labute approximate surface area is 236 Å². The van der Waals surface area contributed by atoms with E-state index < -0.39 is 24.3 Å². The van der Waals surface area contributed by atoms with E-state index in [9.17, 15) is 27.5 Å². The van der Waals surface area contributed by atoms with Gasteiger partial charge in [-0.15, -0.1) is 11.3 Å². The van der Waals surface area contributed by atoms with Crippen LogP contribution in [0, 0.1) is 5.82 Å². The molecule has 4 aromatic rings. The van der Waals surface area contributed by atoms with Gasteiger partial charge in [-0.3, -0.25) is 9.97 Å². The molecular formula is C27H26F4N4O5S. The molecular weight excluding hydrogens is 568 g/mol. The fraction of sp³-hybridized carbons (Fsp3) is 0.296. The number of aromatic nitrogens is 2. The summed E-state index contributed by atoms with van der Waals surface area (Å²) in [6.45, 7) is 1.89. The molecule has 1 amide bonds. The first-order valence-electron chi connectivity index (χ1n) is 12.3. The number of anilines is 1. The molecule has 14 heteroatoms. The number of nitrogens with zero attached hydrogens (tertiary/aromatic N) is 3. The number of thiophene rings is 1. The number of nitrogens with one attached hydrogen (secondary N) is 1. The van der Waals surface area contributed by atoms with Gasteiger partial charge in [-0.25, -0.2) is 9.18 Å². The SMILES string of the molecule is CCOC(Nc1ccc(Oc2ccnc3cc(-c4ccc(CN(CCOC)C(=O)O)cn4)sc23)c(F)c1)C(F)(F)F. The Morgan fingerprint density at radius 1 is 1.15 bits per heavy atom. The number of amides is 1. The molecule has 1 aromatic carbocycles. The molecule has 2 N–H and O–H groups in total. The Kier molecular flexibility index (Phi) is 9.57. The molecule has 0 bridgehead atoms. The lowest BCUT2D eigenvalue weighted by atomic mass is 10.2. The normalized spacial score (nSPS) is 12.3. The monoisotopic (exact) mass is 594 g/mol. The van der Waals surface area contributed by atoms with E-state index in [-0.39, 0.29) is 37.7 Å². The number of benzene rings is 1. The zero-order chi connectivity index (χ0) is 29.6. The van der Waals surface area contributed by atoms with Crippen molar-refractivity contribution in [3.63, 3.8) is 0 Å². The smallest absolute Gasteiger partial charge is 0.433 e. The van der Waals surface area contributed by atoms with Crippen molar-refractivity contribution in [3.8, 4) is 22.1 Å². The molecule has 0 saturated carbocycles. The maximum atomic E-state index is 14.8. The number of carbonyl (C=O) groups is 1. The van der Waals surface area contributed by atoms with Crippen molar-refractivity contribution < 1.29 is 41.7 Å². The van der Waals surface area contributed by atoms with Crippen LogP contribution in [0.15, 0.2) is 54.9 Å². The van der Waals surface area contributed by atoms with Crippen LogP contribution in [0.3, 0.4) is 0 Å². The molecule has 218 valence electrons. The first-order chi connectivity index (χ1) is 19.6. The van der Waals surface area contributed by atoms with Crippen LogP contribution in [0.25, 0.3) is 20.8 Å². The van der Waals surface area contributed by atoms with Gasteiger partial charge < -0.3 is 29.5 Å². The number of alkyl halides is 3. The standard InChI is InChI=1S/C27H26F4N4O5S/c1-3-39-25(27(29,30)31)34-17-5-7-21(18(28)12-17)40-22-8-9-32-20-13-23(41-24(20)22)19-6-4-16(14-33-19)15-35(26(36)37)10-11-38-2/h4-9,12-14,25,34H,3,10-11,15H2,1-2H3,(H,36,37). The quantitative estimate of drug-likeness (QED) is 0.137. The molecule has 41 heavy (non-hydrogen) atoms. The predicted molar refractivity (Wildman–Crippen MR) is 145 cm³/mol. The van der Waals surface area contributed by atoms with Crippen molar-refractivity contribution in [1.82, 2.24) is 14.9 Å². The molecule has 0 saturated heterocycles. The van der Waals surface area contributed by atoms with Crippen LogP contribution >= 0.6 is 11.3 Å². The van der Waals surface area contributed by atoms with Gasteiger partial charge in [-0.2, -0.15) is 13.2 Å². The summed E-state index contributed by atoms with van der Waals surface area (Å²) >= 11 is 1.31. The summed E-state index contributed by atoms with van der Waals surface area (Å²) < 4.78 is 70.3. The summed E-state index contributed by atoms with van der Waals surface area (Å²) in [5, 5.41) is 11.5. The van der Waals surface area contributed by atoms with E-state index in [0.29, 0.717) is 27.2 Å². The summed E-state index contributed by atoms with van der Waals surface area (Å²) in [7, 11) is 1.50. The largest absolute Gasteiger partial charge is 0.465 e. The lowest BCUT2D eigenvalue weighted by molar-refractivity contribution is -0.209. The van der Waals surface area contributed by atoms with Crippen LogP contribution in [-0.2, 0) is 16.0 Å². The van der Waals surface area contributed by atoms with Gasteiger partial charge in [-0.1, -0.05) is 6.07 Å². The van der Waals surface area contributed by atoms with Gasteiger partial charge in [0, 0.05) is 50.5 Å². The molecule has 4 rings (SSSR count). The molecule has 0 aliphatic rings. The van der Waals surface area contributed by atoms with Gasteiger partial charge in [-0.05, 0) is 36.8 Å². The minimum absolute atomic E-state index is 0.122. The molecule has 9 nitrogen and oxygen atoms in total. The minimum Gasteiger partial charge on any atom is -0.465 e. The van der Waals surface area contributed by atoms with Crippen LogP contribution in [0.5, 0.6) is 11.5 Å². The summed E-state index contributed by atoms with van der Waals surface area (Å²) in [5.74, 6) is -0.746. The predicted octanol–water partition coefficient (Wildman–Crippen LogP) is 6.75. The van der Waals surface area contributed by atoms with Crippen LogP contribution < -0.4 is 10.1 Å². The zero-order valence-corrected chi connectivity index (χ0v) is 22.8. The molecule has 0 fully saturated rings. The second-order valence-electron chi connectivity index (χ2n) is 8.65. The van der Waals surface area contributed by atoms with Gasteiger partial charge in [0.05, 0.1) is 33.9 Å². The molecule has 3 heterocycles. The summed E-state index contributed by atoms with van der Waals surface area (Å²) in [6, 6.07) is 10.3. The number of hydrogen-bond donors (Lipinski definition) is 2. The molecule has 0 radical (unpaired) electrons. The average Bonchev–Trinajstić information content (AvgIpc) is 3.37. The summed E-state index contributed by atoms with van der Waals surface area (Å²) in [5.41, 5.74) is 1.78. The van der Waals surface area contributed by atoms with Crippen molar-refractivity contribution in [2.24, 2.45) is 0 Å². The molecule has 3 aromatic heterocycles. The number of fused-ring (bicyclic) bond motifs is 1. The average molecular weight is 595 g/mol. The number of ether oxygens (including phenoxy) is 3. The lowest BCUT2D eigenvalue weighted by Crippen LogP contribution is -2.38. The fourth-order valence-corrected chi connectivity index (χ4v) is 4.82. The molecule has 0 spiro atoms. The number of halogens is 4. The molecule has 1 atom stereocenters. The van der Waals surface area contributed by atoms with E-state index >= 15 is 0 Å². The summed E-state index contributed by atoms with van der Waals surface area (Å²) in [6.07, 6.45) is -4.94. The minimum atomic E-state index is -4.68. The third kappa shape index (κ3) is 7.60. The number of pyridine rings is 2. The number of methoxy groups -OCH3 is 1. The van der Waals surface area contributed by atoms with Gasteiger partial charge in [0.2, 0.25) is 6.23 Å². The van der Waals surface area contributed by atoms with Crippen molar-refractivity contribution in [2.75, 3.05) is 32.2 Å². The highest BCUT2D eigenvalue weighted by Crippen LogP contribution is 2.39. The Bertz CT molecular complexity index is 1480. The number of hydrogen-bond acceptors (Lipinski definition) is 8. The van der Waals surface area contributed by atoms with Gasteiger partial charge in [0.25, 0.3) is 0 Å². The highest BCUT2D eigenvalue weighted by molar-refractivity contribution is 7.22. The molecule has 0 aliphatic heterocycles. The highest BCUT2D eigenvalue weighted by Gasteiger charge is 2.40. The Morgan fingerprint density at radius 3 is 2.59 bits per heavy atom. The van der Waals surface area contributed by atoms with E-state index in [4.69, 9.17) is 9.47 Å². The van der Waals surface area contributed by atoms with E-state index in [1.807, 2.05) is 0 Å². The number of carboxylic acid groups (broad SMARTS) is 1. The van der Waals surface area contributed by atoms with E-state index in [2.05, 4.69) is 20.0 Å². The van der Waals surface area contributed by atoms with Crippen LogP contribution in [0.1, 0.15) is 12.5 Å². The maximum Gasteiger partial charge on any atom is 0.433 e. The fourth-order valence-electron chi connectivity index (χ4n) is 3.78. The van der Waals surface area contributed by atoms with E-state index in [1.165, 1.54) is 48.6 Å². The van der Waals surface area contributed by atoms with Crippen molar-refractivity contribution in [2.45, 2.75) is 25.9 Å². The number of rotatable bonds is 12. The molecule has 1 unspecified atom stereocenters.